The molecule has 1 N–H and O–H groups in total. The largest absolute Gasteiger partial charge is 0.497 e. The number of ether oxygens (including phenoxy) is 1. The van der Waals surface area contributed by atoms with E-state index < -0.39 is 0 Å². The average molecular weight is 355 g/mol. The average Bonchev–Trinajstić information content (AvgIpc) is 2.98. The molecule has 130 valence electrons. The van der Waals surface area contributed by atoms with Crippen LogP contribution in [0.5, 0.6) is 5.75 Å². The second kappa shape index (κ2) is 8.07. The Labute approximate surface area is 151 Å². The topological polar surface area (TPSA) is 56.1 Å². The first-order valence-electron chi connectivity index (χ1n) is 8.04. The van der Waals surface area contributed by atoms with Crippen molar-refractivity contribution in [3.05, 3.63) is 59.9 Å². The summed E-state index contributed by atoms with van der Waals surface area (Å²) in [7, 11) is 1.64. The minimum absolute atomic E-state index is 0.0266. The van der Waals surface area contributed by atoms with E-state index in [2.05, 4.69) is 10.3 Å². The van der Waals surface area contributed by atoms with Gasteiger partial charge in [-0.2, -0.15) is 11.8 Å². The number of methoxy groups -OCH3 is 1. The number of para-hydroxylation sites is 2. The molecule has 0 bridgehead atoms. The zero-order valence-corrected chi connectivity index (χ0v) is 15.2. The number of fused-ring (bicyclic) bond motifs is 1. The van der Waals surface area contributed by atoms with E-state index in [1.54, 1.807) is 18.9 Å². The number of carbonyl (C=O) groups excluding carboxylic acids is 1. The Bertz CT molecular complexity index is 859. The summed E-state index contributed by atoms with van der Waals surface area (Å²) in [5.74, 6) is 2.48. The van der Waals surface area contributed by atoms with Crippen LogP contribution in [0.2, 0.25) is 0 Å². The minimum atomic E-state index is -0.0266. The van der Waals surface area contributed by atoms with Gasteiger partial charge in [-0.15, -0.1) is 0 Å². The van der Waals surface area contributed by atoms with Crippen LogP contribution in [0.4, 0.5) is 0 Å². The SMILES string of the molecule is COc1ccc(CNC(=O)Cn2c(CSC)nc3ccccc32)cc1. The van der Waals surface area contributed by atoms with Crippen molar-refractivity contribution in [3.63, 3.8) is 0 Å². The van der Waals surface area contributed by atoms with E-state index in [9.17, 15) is 4.79 Å². The van der Waals surface area contributed by atoms with E-state index in [-0.39, 0.29) is 12.5 Å². The van der Waals surface area contributed by atoms with Gasteiger partial charge in [0.15, 0.2) is 0 Å². The highest BCUT2D eigenvalue weighted by molar-refractivity contribution is 7.97. The van der Waals surface area contributed by atoms with Crippen LogP contribution in [-0.4, -0.2) is 28.8 Å². The van der Waals surface area contributed by atoms with Crippen LogP contribution in [0.15, 0.2) is 48.5 Å². The molecule has 1 aromatic heterocycles. The molecule has 0 aliphatic rings. The van der Waals surface area contributed by atoms with Crippen LogP contribution in [-0.2, 0) is 23.6 Å². The molecule has 0 atom stereocenters. The summed E-state index contributed by atoms with van der Waals surface area (Å²) >= 11 is 1.70. The van der Waals surface area contributed by atoms with Gasteiger partial charge in [0, 0.05) is 6.54 Å². The van der Waals surface area contributed by atoms with Crippen molar-refractivity contribution in [2.45, 2.75) is 18.8 Å². The lowest BCUT2D eigenvalue weighted by Gasteiger charge is -2.10. The van der Waals surface area contributed by atoms with Gasteiger partial charge in [-0.1, -0.05) is 24.3 Å². The molecule has 1 amide bonds. The first-order valence-corrected chi connectivity index (χ1v) is 9.43. The predicted octanol–water partition coefficient (Wildman–Crippen LogP) is 3.22. The Morgan fingerprint density at radius 3 is 2.68 bits per heavy atom. The van der Waals surface area contributed by atoms with Gasteiger partial charge in [0.1, 0.15) is 18.1 Å². The number of imidazole rings is 1. The smallest absolute Gasteiger partial charge is 0.240 e. The maximum atomic E-state index is 12.4. The number of benzene rings is 2. The van der Waals surface area contributed by atoms with E-state index in [0.29, 0.717) is 6.54 Å². The van der Waals surface area contributed by atoms with Crippen molar-refractivity contribution in [1.29, 1.82) is 0 Å². The van der Waals surface area contributed by atoms with Crippen LogP contribution >= 0.6 is 11.8 Å². The van der Waals surface area contributed by atoms with Crippen LogP contribution in [0.3, 0.4) is 0 Å². The van der Waals surface area contributed by atoms with Crippen molar-refractivity contribution >= 4 is 28.7 Å². The van der Waals surface area contributed by atoms with Crippen LogP contribution in [0.25, 0.3) is 11.0 Å². The summed E-state index contributed by atoms with van der Waals surface area (Å²) < 4.78 is 7.14. The van der Waals surface area contributed by atoms with Gasteiger partial charge < -0.3 is 14.6 Å². The van der Waals surface area contributed by atoms with Crippen LogP contribution in [0.1, 0.15) is 11.4 Å². The fourth-order valence-electron chi connectivity index (χ4n) is 2.68. The van der Waals surface area contributed by atoms with E-state index >= 15 is 0 Å². The highest BCUT2D eigenvalue weighted by Gasteiger charge is 2.13. The third-order valence-electron chi connectivity index (χ3n) is 3.96. The molecule has 0 saturated heterocycles. The fourth-order valence-corrected chi connectivity index (χ4v) is 3.16. The monoisotopic (exact) mass is 355 g/mol. The minimum Gasteiger partial charge on any atom is -0.497 e. The van der Waals surface area contributed by atoms with E-state index in [4.69, 9.17) is 4.74 Å². The molecule has 0 spiro atoms. The van der Waals surface area contributed by atoms with Gasteiger partial charge in [0.05, 0.1) is 23.9 Å². The van der Waals surface area contributed by atoms with Crippen molar-refractivity contribution in [3.8, 4) is 5.75 Å². The lowest BCUT2D eigenvalue weighted by Crippen LogP contribution is -2.27. The number of hydrogen-bond donors (Lipinski definition) is 1. The van der Waals surface area contributed by atoms with Crippen LogP contribution in [0, 0.1) is 0 Å². The number of rotatable bonds is 7. The van der Waals surface area contributed by atoms with Gasteiger partial charge in [-0.05, 0) is 36.1 Å². The molecule has 1 heterocycles. The predicted molar refractivity (Wildman–Crippen MR) is 102 cm³/mol. The zero-order chi connectivity index (χ0) is 17.6. The fraction of sp³-hybridized carbons (Fsp3) is 0.263. The first kappa shape index (κ1) is 17.4. The van der Waals surface area contributed by atoms with E-state index in [0.717, 1.165) is 33.9 Å². The molecule has 0 radical (unpaired) electrons. The molecule has 0 saturated carbocycles. The highest BCUT2D eigenvalue weighted by Crippen LogP contribution is 2.19. The van der Waals surface area contributed by atoms with Gasteiger partial charge >= 0.3 is 0 Å². The summed E-state index contributed by atoms with van der Waals surface area (Å²) in [6.07, 6.45) is 2.04. The van der Waals surface area contributed by atoms with E-state index in [1.165, 1.54) is 0 Å². The highest BCUT2D eigenvalue weighted by atomic mass is 32.2. The van der Waals surface area contributed by atoms with E-state index in [1.807, 2.05) is 59.4 Å². The molecule has 2 aromatic carbocycles. The summed E-state index contributed by atoms with van der Waals surface area (Å²) in [6.45, 7) is 0.764. The second-order valence-corrected chi connectivity index (χ2v) is 6.53. The third-order valence-corrected chi connectivity index (χ3v) is 4.50. The summed E-state index contributed by atoms with van der Waals surface area (Å²) in [4.78, 5) is 17.1. The lowest BCUT2D eigenvalue weighted by atomic mass is 10.2. The molecule has 6 heteroatoms. The lowest BCUT2D eigenvalue weighted by molar-refractivity contribution is -0.121. The number of carbonyl (C=O) groups is 1. The number of nitrogens with one attached hydrogen (secondary N) is 1. The van der Waals surface area contributed by atoms with Crippen molar-refractivity contribution in [2.24, 2.45) is 0 Å². The summed E-state index contributed by atoms with van der Waals surface area (Å²) in [5, 5.41) is 2.97. The maximum Gasteiger partial charge on any atom is 0.240 e. The Hall–Kier alpha value is -2.47. The van der Waals surface area contributed by atoms with Gasteiger partial charge in [0.25, 0.3) is 0 Å². The molecule has 5 nitrogen and oxygen atoms in total. The van der Waals surface area contributed by atoms with Gasteiger partial charge in [0.2, 0.25) is 5.91 Å². The normalized spacial score (nSPS) is 10.8. The molecule has 25 heavy (non-hydrogen) atoms. The van der Waals surface area contributed by atoms with Crippen LogP contribution < -0.4 is 10.1 Å². The summed E-state index contributed by atoms with van der Waals surface area (Å²) in [6, 6.07) is 15.6. The maximum absolute atomic E-state index is 12.4. The third kappa shape index (κ3) is 4.14. The van der Waals surface area contributed by atoms with Crippen molar-refractivity contribution in [1.82, 2.24) is 14.9 Å². The molecule has 0 aliphatic carbocycles. The molecular weight excluding hydrogens is 334 g/mol. The molecular formula is C19H21N3O2S. The standard InChI is InChI=1S/C19H21N3O2S/c1-24-15-9-7-14(8-10-15)11-20-19(23)12-22-17-6-4-3-5-16(17)21-18(22)13-25-2/h3-10H,11-13H2,1-2H3,(H,20,23). The quantitative estimate of drug-likeness (QED) is 0.707. The number of thioether (sulfide) groups is 1. The molecule has 0 fully saturated rings. The Balaban J connectivity index is 1.69. The van der Waals surface area contributed by atoms with Crippen molar-refractivity contribution in [2.75, 3.05) is 13.4 Å². The van der Waals surface area contributed by atoms with Gasteiger partial charge in [-0.3, -0.25) is 4.79 Å². The molecule has 3 aromatic rings. The Morgan fingerprint density at radius 1 is 1.20 bits per heavy atom. The number of aromatic nitrogens is 2. The Morgan fingerprint density at radius 2 is 1.96 bits per heavy atom. The Kier molecular flexibility index (Phi) is 5.60. The van der Waals surface area contributed by atoms with Gasteiger partial charge in [-0.25, -0.2) is 4.98 Å². The first-order chi connectivity index (χ1) is 12.2. The number of nitrogens with zero attached hydrogens (tertiary/aromatic N) is 2. The zero-order valence-electron chi connectivity index (χ0n) is 14.4. The summed E-state index contributed by atoms with van der Waals surface area (Å²) in [5.41, 5.74) is 2.95. The number of hydrogen-bond acceptors (Lipinski definition) is 4. The molecule has 0 unspecified atom stereocenters. The second-order valence-electron chi connectivity index (χ2n) is 5.66. The van der Waals surface area contributed by atoms with Crippen molar-refractivity contribution < 1.29 is 9.53 Å². The molecule has 3 rings (SSSR count). The number of amides is 1. The molecule has 0 aliphatic heterocycles.